The molecular weight excluding hydrogens is 305 g/mol. The van der Waals surface area contributed by atoms with E-state index in [0.29, 0.717) is 0 Å². The number of sulfonamides is 1. The van der Waals surface area contributed by atoms with Crippen LogP contribution in [-0.2, 0) is 19.6 Å². The van der Waals surface area contributed by atoms with Crippen molar-refractivity contribution in [2.75, 3.05) is 17.6 Å². The standard InChI is InChI=1S/C12H14FNO6S/c1-20-11(15)3-2-6-21(18,19)14-10-7-8(12(16)17)4-5-9(10)13/h4-5,7,14H,2-3,6H2,1H3,(H,16,17). The van der Waals surface area contributed by atoms with E-state index in [1.165, 1.54) is 7.11 Å². The van der Waals surface area contributed by atoms with Gasteiger partial charge in [0.15, 0.2) is 0 Å². The van der Waals surface area contributed by atoms with Gasteiger partial charge in [0.2, 0.25) is 10.0 Å². The minimum Gasteiger partial charge on any atom is -0.478 e. The second kappa shape index (κ2) is 7.02. The molecule has 116 valence electrons. The number of carboxylic acids is 1. The Hall–Kier alpha value is -2.16. The highest BCUT2D eigenvalue weighted by Gasteiger charge is 2.16. The van der Waals surface area contributed by atoms with E-state index < -0.39 is 39.2 Å². The zero-order valence-corrected chi connectivity index (χ0v) is 11.9. The first-order valence-electron chi connectivity index (χ1n) is 5.85. The molecule has 2 N–H and O–H groups in total. The summed E-state index contributed by atoms with van der Waals surface area (Å²) in [5.41, 5.74) is -0.698. The molecule has 1 aromatic carbocycles. The van der Waals surface area contributed by atoms with E-state index >= 15 is 0 Å². The second-order valence-corrected chi connectivity index (χ2v) is 5.94. The highest BCUT2D eigenvalue weighted by molar-refractivity contribution is 7.92. The van der Waals surface area contributed by atoms with Crippen molar-refractivity contribution in [3.8, 4) is 0 Å². The van der Waals surface area contributed by atoms with Crippen LogP contribution in [0.5, 0.6) is 0 Å². The lowest BCUT2D eigenvalue weighted by atomic mass is 10.2. The number of methoxy groups -OCH3 is 1. The number of ether oxygens (including phenoxy) is 1. The minimum absolute atomic E-state index is 0.00223. The molecule has 0 aliphatic carbocycles. The molecule has 0 saturated carbocycles. The van der Waals surface area contributed by atoms with Crippen LogP contribution in [0.15, 0.2) is 18.2 Å². The lowest BCUT2D eigenvalue weighted by molar-refractivity contribution is -0.140. The Kier molecular flexibility index (Phi) is 5.65. The average Bonchev–Trinajstić information content (AvgIpc) is 2.40. The van der Waals surface area contributed by atoms with Crippen molar-refractivity contribution in [2.45, 2.75) is 12.8 Å². The third-order valence-corrected chi connectivity index (χ3v) is 3.86. The number of nitrogens with one attached hydrogen (secondary N) is 1. The largest absolute Gasteiger partial charge is 0.478 e. The lowest BCUT2D eigenvalue weighted by Crippen LogP contribution is -2.18. The summed E-state index contributed by atoms with van der Waals surface area (Å²) < 4.78 is 43.2. The summed E-state index contributed by atoms with van der Waals surface area (Å²) >= 11 is 0. The minimum atomic E-state index is -3.89. The van der Waals surface area contributed by atoms with Crippen molar-refractivity contribution in [2.24, 2.45) is 0 Å². The predicted octanol–water partition coefficient (Wildman–Crippen LogP) is 1.22. The van der Waals surface area contributed by atoms with E-state index in [9.17, 15) is 22.4 Å². The van der Waals surface area contributed by atoms with Crippen molar-refractivity contribution in [3.05, 3.63) is 29.6 Å². The fourth-order valence-electron chi connectivity index (χ4n) is 1.46. The van der Waals surface area contributed by atoms with Gasteiger partial charge in [-0.15, -0.1) is 0 Å². The first-order chi connectivity index (χ1) is 9.75. The molecule has 0 fully saturated rings. The summed E-state index contributed by atoms with van der Waals surface area (Å²) in [5.74, 6) is -3.17. The van der Waals surface area contributed by atoms with Crippen molar-refractivity contribution < 1.29 is 32.2 Å². The van der Waals surface area contributed by atoms with E-state index in [0.717, 1.165) is 18.2 Å². The summed E-state index contributed by atoms with van der Waals surface area (Å²) in [4.78, 5) is 21.6. The number of rotatable bonds is 7. The molecule has 0 radical (unpaired) electrons. The molecule has 0 bridgehead atoms. The normalized spacial score (nSPS) is 11.0. The molecule has 21 heavy (non-hydrogen) atoms. The molecule has 0 heterocycles. The Morgan fingerprint density at radius 2 is 2.05 bits per heavy atom. The number of halogens is 1. The molecule has 1 rings (SSSR count). The van der Waals surface area contributed by atoms with Gasteiger partial charge in [-0.3, -0.25) is 9.52 Å². The van der Waals surface area contributed by atoms with Gasteiger partial charge in [0, 0.05) is 6.42 Å². The molecule has 0 atom stereocenters. The summed E-state index contributed by atoms with van der Waals surface area (Å²) in [6.07, 6.45) is -0.0860. The topological polar surface area (TPSA) is 110 Å². The van der Waals surface area contributed by atoms with Gasteiger partial charge in [0.25, 0.3) is 0 Å². The number of aromatic carboxylic acids is 1. The summed E-state index contributed by atoms with van der Waals surface area (Å²) in [6.45, 7) is 0. The number of carbonyl (C=O) groups excluding carboxylic acids is 1. The van der Waals surface area contributed by atoms with Gasteiger partial charge in [-0.2, -0.15) is 0 Å². The molecule has 7 nitrogen and oxygen atoms in total. The smallest absolute Gasteiger partial charge is 0.335 e. The molecule has 0 aliphatic rings. The van der Waals surface area contributed by atoms with Gasteiger partial charge >= 0.3 is 11.9 Å². The number of carbonyl (C=O) groups is 2. The molecule has 1 aromatic rings. The van der Waals surface area contributed by atoms with Crippen LogP contribution in [0.25, 0.3) is 0 Å². The van der Waals surface area contributed by atoms with Gasteiger partial charge in [0.05, 0.1) is 24.1 Å². The van der Waals surface area contributed by atoms with Crippen molar-refractivity contribution in [3.63, 3.8) is 0 Å². The Balaban J connectivity index is 2.77. The van der Waals surface area contributed by atoms with Gasteiger partial charge in [0.1, 0.15) is 5.82 Å². The Morgan fingerprint density at radius 3 is 2.62 bits per heavy atom. The van der Waals surface area contributed by atoms with Gasteiger partial charge in [-0.1, -0.05) is 0 Å². The van der Waals surface area contributed by atoms with Crippen LogP contribution >= 0.6 is 0 Å². The van der Waals surface area contributed by atoms with Crippen LogP contribution in [0.3, 0.4) is 0 Å². The molecule has 0 spiro atoms. The van der Waals surface area contributed by atoms with E-state index in [1.807, 2.05) is 4.72 Å². The highest BCUT2D eigenvalue weighted by atomic mass is 32.2. The quantitative estimate of drug-likeness (QED) is 0.731. The maximum atomic E-state index is 13.5. The zero-order chi connectivity index (χ0) is 16.0. The van der Waals surface area contributed by atoms with Crippen molar-refractivity contribution >= 4 is 27.6 Å². The maximum absolute atomic E-state index is 13.5. The number of hydrogen-bond acceptors (Lipinski definition) is 5. The maximum Gasteiger partial charge on any atom is 0.335 e. The summed E-state index contributed by atoms with van der Waals surface area (Å²) in [5, 5.41) is 8.78. The van der Waals surface area contributed by atoms with Crippen molar-refractivity contribution in [1.82, 2.24) is 0 Å². The fraction of sp³-hybridized carbons (Fsp3) is 0.333. The van der Waals surface area contributed by atoms with E-state index in [4.69, 9.17) is 5.11 Å². The molecular formula is C12H14FNO6S. The Morgan fingerprint density at radius 1 is 1.38 bits per heavy atom. The van der Waals surface area contributed by atoms with Crippen LogP contribution in [0, 0.1) is 5.82 Å². The van der Waals surface area contributed by atoms with Gasteiger partial charge < -0.3 is 9.84 Å². The number of esters is 1. The van der Waals surface area contributed by atoms with Crippen LogP contribution in [0.1, 0.15) is 23.2 Å². The summed E-state index contributed by atoms with van der Waals surface area (Å²) in [7, 11) is -2.71. The monoisotopic (exact) mass is 319 g/mol. The zero-order valence-electron chi connectivity index (χ0n) is 11.1. The Bertz CT molecular complexity index is 643. The molecule has 9 heteroatoms. The first kappa shape index (κ1) is 16.9. The molecule has 0 aromatic heterocycles. The highest BCUT2D eigenvalue weighted by Crippen LogP contribution is 2.18. The number of benzene rings is 1. The number of hydrogen-bond donors (Lipinski definition) is 2. The van der Waals surface area contributed by atoms with Gasteiger partial charge in [-0.05, 0) is 24.6 Å². The van der Waals surface area contributed by atoms with Crippen molar-refractivity contribution in [1.29, 1.82) is 0 Å². The van der Waals surface area contributed by atoms with Crippen LogP contribution in [-0.4, -0.2) is 38.3 Å². The second-order valence-electron chi connectivity index (χ2n) is 4.10. The van der Waals surface area contributed by atoms with Gasteiger partial charge in [-0.25, -0.2) is 17.6 Å². The van der Waals surface area contributed by atoms with Crippen LogP contribution in [0.2, 0.25) is 0 Å². The molecule has 0 aliphatic heterocycles. The SMILES string of the molecule is COC(=O)CCCS(=O)(=O)Nc1cc(C(=O)O)ccc1F. The predicted molar refractivity (Wildman–Crippen MR) is 72.0 cm³/mol. The average molecular weight is 319 g/mol. The Labute approximate surface area is 120 Å². The third-order valence-electron chi connectivity index (χ3n) is 2.50. The van der Waals surface area contributed by atoms with Crippen LogP contribution < -0.4 is 4.72 Å². The molecule has 0 unspecified atom stereocenters. The fourth-order valence-corrected chi connectivity index (χ4v) is 2.58. The number of carboxylic acid groups (broad SMARTS) is 1. The number of anilines is 1. The third kappa shape index (κ3) is 5.38. The van der Waals surface area contributed by atoms with E-state index in [1.54, 1.807) is 0 Å². The van der Waals surface area contributed by atoms with E-state index in [2.05, 4.69) is 4.74 Å². The molecule has 0 amide bonds. The first-order valence-corrected chi connectivity index (χ1v) is 7.50. The lowest BCUT2D eigenvalue weighted by Gasteiger charge is -2.09. The summed E-state index contributed by atoms with van der Waals surface area (Å²) in [6, 6.07) is 2.76. The molecule has 0 saturated heterocycles. The van der Waals surface area contributed by atoms with Crippen LogP contribution in [0.4, 0.5) is 10.1 Å². The van der Waals surface area contributed by atoms with E-state index in [-0.39, 0.29) is 18.4 Å².